The second-order valence-corrected chi connectivity index (χ2v) is 12.7. The van der Waals surface area contributed by atoms with Crippen LogP contribution in [0.5, 0.6) is 0 Å². The van der Waals surface area contributed by atoms with Gasteiger partial charge < -0.3 is 9.13 Å². The lowest BCUT2D eigenvalue weighted by molar-refractivity contribution is 0.630. The van der Waals surface area contributed by atoms with Crippen molar-refractivity contribution in [3.63, 3.8) is 0 Å². The van der Waals surface area contributed by atoms with Crippen molar-refractivity contribution in [1.82, 2.24) is 9.13 Å². The lowest BCUT2D eigenvalue weighted by Gasteiger charge is -2.35. The fraction of sp³-hybridized carbons (Fsp3) is 0.150. The van der Waals surface area contributed by atoms with Gasteiger partial charge in [-0.3, -0.25) is 0 Å². The summed E-state index contributed by atoms with van der Waals surface area (Å²) in [5.74, 6) is 0.523. The number of para-hydroxylation sites is 2. The third-order valence-corrected chi connectivity index (χ3v) is 9.82. The van der Waals surface area contributed by atoms with Gasteiger partial charge in [0.25, 0.3) is 0 Å². The molecule has 3 heterocycles. The second kappa shape index (κ2) is 8.36. The molecule has 1 aliphatic carbocycles. The Kier molecular flexibility index (Phi) is 4.75. The van der Waals surface area contributed by atoms with Crippen LogP contribution in [0.1, 0.15) is 43.2 Å². The van der Waals surface area contributed by atoms with Gasteiger partial charge in [-0.25, -0.2) is 0 Å². The molecule has 0 bridgehead atoms. The first kappa shape index (κ1) is 23.8. The molecular formula is C40H32N2. The van der Waals surface area contributed by atoms with E-state index in [-0.39, 0.29) is 5.41 Å². The molecule has 1 unspecified atom stereocenters. The van der Waals surface area contributed by atoms with Gasteiger partial charge >= 0.3 is 0 Å². The fourth-order valence-corrected chi connectivity index (χ4v) is 7.77. The van der Waals surface area contributed by atoms with Crippen molar-refractivity contribution in [2.24, 2.45) is 5.92 Å². The molecule has 0 spiro atoms. The molecule has 2 aliphatic rings. The van der Waals surface area contributed by atoms with E-state index in [9.17, 15) is 0 Å². The van der Waals surface area contributed by atoms with Gasteiger partial charge in [0.1, 0.15) is 0 Å². The molecule has 0 N–H and O–H groups in total. The molecule has 5 aromatic carbocycles. The molecule has 9 rings (SSSR count). The van der Waals surface area contributed by atoms with E-state index in [2.05, 4.69) is 151 Å². The number of nitrogens with zero attached hydrogens (tertiary/aromatic N) is 2. The molecule has 2 nitrogen and oxygen atoms in total. The molecule has 1 atom stereocenters. The Balaban J connectivity index is 1.41. The van der Waals surface area contributed by atoms with Crippen LogP contribution in [0, 0.1) is 5.92 Å². The molecule has 0 saturated heterocycles. The zero-order valence-electron chi connectivity index (χ0n) is 24.2. The predicted molar refractivity (Wildman–Crippen MR) is 177 cm³/mol. The molecule has 0 radical (unpaired) electrons. The molecule has 0 saturated carbocycles. The Hall–Kier alpha value is -4.82. The van der Waals surface area contributed by atoms with Gasteiger partial charge in [0.2, 0.25) is 0 Å². The van der Waals surface area contributed by atoms with Crippen LogP contribution in [0.15, 0.2) is 115 Å². The highest BCUT2D eigenvalue weighted by Gasteiger charge is 2.35. The molecule has 202 valence electrons. The maximum absolute atomic E-state index is 2.52. The lowest BCUT2D eigenvalue weighted by atomic mass is 9.74. The maximum Gasteiger partial charge on any atom is 0.0582 e. The Bertz CT molecular complexity index is 2260. The van der Waals surface area contributed by atoms with Crippen molar-refractivity contribution in [1.29, 1.82) is 0 Å². The minimum Gasteiger partial charge on any atom is -0.313 e. The Morgan fingerprint density at radius 3 is 2.29 bits per heavy atom. The maximum atomic E-state index is 2.52. The third-order valence-electron chi connectivity index (χ3n) is 9.82. The molecule has 0 fully saturated rings. The minimum absolute atomic E-state index is 0.120. The highest BCUT2D eigenvalue weighted by molar-refractivity contribution is 6.13. The Morgan fingerprint density at radius 1 is 0.643 bits per heavy atom. The summed E-state index contributed by atoms with van der Waals surface area (Å²) in [5.41, 5.74) is 14.4. The van der Waals surface area contributed by atoms with E-state index in [0.29, 0.717) is 5.92 Å². The summed E-state index contributed by atoms with van der Waals surface area (Å²) in [7, 11) is 0. The summed E-state index contributed by atoms with van der Waals surface area (Å²) in [6.07, 6.45) is 5.74. The second-order valence-electron chi connectivity index (χ2n) is 12.7. The monoisotopic (exact) mass is 540 g/mol. The average molecular weight is 541 g/mol. The van der Waals surface area contributed by atoms with Crippen LogP contribution in [-0.4, -0.2) is 9.13 Å². The molecule has 1 aliphatic heterocycles. The normalized spacial score (nSPS) is 16.7. The molecule has 42 heavy (non-hydrogen) atoms. The first-order valence-electron chi connectivity index (χ1n) is 15.1. The number of hydrogen-bond acceptors (Lipinski definition) is 0. The summed E-state index contributed by atoms with van der Waals surface area (Å²) < 4.78 is 5.04. The Morgan fingerprint density at radius 2 is 1.40 bits per heavy atom. The number of benzene rings is 5. The van der Waals surface area contributed by atoms with Gasteiger partial charge in [-0.2, -0.15) is 0 Å². The molecule has 0 amide bonds. The largest absolute Gasteiger partial charge is 0.313 e. The van der Waals surface area contributed by atoms with Gasteiger partial charge in [0.05, 0.1) is 22.2 Å². The van der Waals surface area contributed by atoms with Gasteiger partial charge in [0.15, 0.2) is 0 Å². The van der Waals surface area contributed by atoms with E-state index in [1.807, 2.05) is 0 Å². The first-order chi connectivity index (χ1) is 20.5. The van der Waals surface area contributed by atoms with Crippen molar-refractivity contribution in [3.05, 3.63) is 138 Å². The van der Waals surface area contributed by atoms with Crippen LogP contribution in [0.2, 0.25) is 0 Å². The third kappa shape index (κ3) is 3.10. The van der Waals surface area contributed by atoms with Gasteiger partial charge in [-0.05, 0) is 77.1 Å². The van der Waals surface area contributed by atoms with E-state index < -0.39 is 0 Å². The van der Waals surface area contributed by atoms with E-state index in [1.54, 1.807) is 0 Å². The van der Waals surface area contributed by atoms with Crippen molar-refractivity contribution >= 4 is 38.8 Å². The van der Waals surface area contributed by atoms with E-state index in [0.717, 1.165) is 6.42 Å². The SMILES string of the molecule is CC1C=Cc2c(n(-c3ccc4c(c3)c3cc(-c5ccccc5)cc5c3n4-c3ccccc3C5(C)C)c3ccccc23)C1. The summed E-state index contributed by atoms with van der Waals surface area (Å²) in [5, 5.41) is 3.96. The first-order valence-corrected chi connectivity index (χ1v) is 15.1. The van der Waals surface area contributed by atoms with Gasteiger partial charge in [0, 0.05) is 38.5 Å². The smallest absolute Gasteiger partial charge is 0.0582 e. The Labute approximate surface area is 246 Å². The number of allylic oxidation sites excluding steroid dienone is 1. The van der Waals surface area contributed by atoms with Crippen LogP contribution in [-0.2, 0) is 11.8 Å². The summed E-state index contributed by atoms with van der Waals surface area (Å²) in [6.45, 7) is 7.09. The van der Waals surface area contributed by atoms with E-state index in [4.69, 9.17) is 0 Å². The predicted octanol–water partition coefficient (Wildman–Crippen LogP) is 10.2. The summed E-state index contributed by atoms with van der Waals surface area (Å²) in [4.78, 5) is 0. The number of fused-ring (bicyclic) bond motifs is 8. The summed E-state index contributed by atoms with van der Waals surface area (Å²) in [6, 6.07) is 40.7. The standard InChI is InChI=1S/C40H32N2/c1-25-17-19-30-29-13-7-9-15-35(29)41(38(30)21-25)28-18-20-36-31(24-28)32-22-27(26-11-5-4-6-12-26)23-34-39(32)42(36)37-16-10-8-14-33(37)40(34,2)3/h4-20,22-25H,21H2,1-3H3. The van der Waals surface area contributed by atoms with Crippen LogP contribution in [0.25, 0.3) is 61.3 Å². The molecule has 7 aromatic rings. The van der Waals surface area contributed by atoms with Crippen molar-refractivity contribution in [2.75, 3.05) is 0 Å². The molecular weight excluding hydrogens is 508 g/mol. The van der Waals surface area contributed by atoms with E-state index in [1.165, 1.54) is 77.6 Å². The molecule has 2 heteroatoms. The van der Waals surface area contributed by atoms with Gasteiger partial charge in [-0.15, -0.1) is 0 Å². The van der Waals surface area contributed by atoms with Crippen LogP contribution in [0.4, 0.5) is 0 Å². The number of rotatable bonds is 2. The quantitative estimate of drug-likeness (QED) is 0.206. The zero-order valence-corrected chi connectivity index (χ0v) is 24.2. The fourth-order valence-electron chi connectivity index (χ4n) is 7.77. The number of aromatic nitrogens is 2. The number of hydrogen-bond donors (Lipinski definition) is 0. The highest BCUT2D eigenvalue weighted by atomic mass is 15.0. The van der Waals surface area contributed by atoms with Crippen molar-refractivity contribution in [3.8, 4) is 22.5 Å². The minimum atomic E-state index is -0.120. The zero-order chi connectivity index (χ0) is 28.2. The molecule has 2 aromatic heterocycles. The van der Waals surface area contributed by atoms with Crippen LogP contribution < -0.4 is 0 Å². The topological polar surface area (TPSA) is 9.86 Å². The average Bonchev–Trinajstić information content (AvgIpc) is 3.52. The van der Waals surface area contributed by atoms with Crippen molar-refractivity contribution < 1.29 is 0 Å². The van der Waals surface area contributed by atoms with Gasteiger partial charge in [-0.1, -0.05) is 99.7 Å². The van der Waals surface area contributed by atoms with Crippen LogP contribution in [0.3, 0.4) is 0 Å². The van der Waals surface area contributed by atoms with E-state index >= 15 is 0 Å². The summed E-state index contributed by atoms with van der Waals surface area (Å²) >= 11 is 0. The lowest BCUT2D eigenvalue weighted by Crippen LogP contribution is -2.26. The highest BCUT2D eigenvalue weighted by Crippen LogP contribution is 2.49. The van der Waals surface area contributed by atoms with Crippen molar-refractivity contribution in [2.45, 2.75) is 32.6 Å². The van der Waals surface area contributed by atoms with Crippen LogP contribution >= 0.6 is 0 Å².